The first kappa shape index (κ1) is 20.7. The number of hydrogen-bond donors (Lipinski definition) is 2. The third-order valence-corrected chi connectivity index (χ3v) is 5.12. The van der Waals surface area contributed by atoms with Crippen molar-refractivity contribution in [3.63, 3.8) is 0 Å². The number of hydrogen-bond acceptors (Lipinski definition) is 4. The normalized spacial score (nSPS) is 10.5. The van der Waals surface area contributed by atoms with Crippen molar-refractivity contribution in [1.82, 2.24) is 4.98 Å². The minimum Gasteiger partial charge on any atom is -0.387 e. The summed E-state index contributed by atoms with van der Waals surface area (Å²) in [6.45, 7) is 6.14. The number of aromatic nitrogens is 1. The number of nitrogens with one attached hydrogen (secondary N) is 2. The zero-order chi connectivity index (χ0) is 20.8. The van der Waals surface area contributed by atoms with Crippen molar-refractivity contribution in [1.29, 1.82) is 0 Å². The van der Waals surface area contributed by atoms with Gasteiger partial charge in [0.2, 0.25) is 0 Å². The van der Waals surface area contributed by atoms with Crippen LogP contribution in [0.5, 0.6) is 0 Å². The lowest BCUT2D eigenvalue weighted by Crippen LogP contribution is -2.21. The van der Waals surface area contributed by atoms with Gasteiger partial charge in [-0.05, 0) is 62.4 Å². The van der Waals surface area contributed by atoms with Crippen molar-refractivity contribution >= 4 is 34.6 Å². The average molecular weight is 409 g/mol. The van der Waals surface area contributed by atoms with Crippen LogP contribution in [0.2, 0.25) is 5.02 Å². The van der Waals surface area contributed by atoms with E-state index in [1.807, 2.05) is 36.4 Å². The molecule has 6 heteroatoms. The fraction of sp³-hybridized carbons (Fsp3) is 0.217. The molecular formula is C23H25ClN4O. The fourth-order valence-corrected chi connectivity index (χ4v) is 3.47. The van der Waals surface area contributed by atoms with Crippen LogP contribution >= 0.6 is 11.6 Å². The molecule has 0 unspecified atom stereocenters. The molecule has 1 heterocycles. The first-order chi connectivity index (χ1) is 14.1. The van der Waals surface area contributed by atoms with Crippen LogP contribution in [-0.2, 0) is 0 Å². The monoisotopic (exact) mass is 408 g/mol. The Kier molecular flexibility index (Phi) is 6.73. The van der Waals surface area contributed by atoms with Crippen LogP contribution in [0.3, 0.4) is 0 Å². The number of rotatable bonds is 7. The second-order valence-corrected chi connectivity index (χ2v) is 6.92. The van der Waals surface area contributed by atoms with Gasteiger partial charge in [-0.25, -0.2) is 0 Å². The maximum atomic E-state index is 12.8. The fourth-order valence-electron chi connectivity index (χ4n) is 3.24. The molecule has 0 aliphatic heterocycles. The smallest absolute Gasteiger partial charge is 0.257 e. The largest absolute Gasteiger partial charge is 0.387 e. The number of benzene rings is 2. The lowest BCUT2D eigenvalue weighted by atomic mass is 10.0. The van der Waals surface area contributed by atoms with E-state index in [-0.39, 0.29) is 5.91 Å². The number of anilines is 3. The molecule has 0 spiro atoms. The molecule has 2 aromatic carbocycles. The lowest BCUT2D eigenvalue weighted by Gasteiger charge is -2.21. The Balaban J connectivity index is 1.81. The summed E-state index contributed by atoms with van der Waals surface area (Å²) >= 11 is 6.25. The van der Waals surface area contributed by atoms with E-state index in [1.165, 1.54) is 0 Å². The minimum absolute atomic E-state index is 0.177. The lowest BCUT2D eigenvalue weighted by molar-refractivity contribution is 0.102. The summed E-state index contributed by atoms with van der Waals surface area (Å²) in [6.07, 6.45) is 1.70. The average Bonchev–Trinajstić information content (AvgIpc) is 2.75. The van der Waals surface area contributed by atoms with Crippen LogP contribution in [0.1, 0.15) is 24.2 Å². The molecule has 29 heavy (non-hydrogen) atoms. The number of halogens is 1. The molecule has 0 aliphatic rings. The van der Waals surface area contributed by atoms with E-state index in [4.69, 9.17) is 11.6 Å². The standard InChI is InChI=1S/C23H25ClN4O/c1-4-28(5-2)18-11-9-17(10-12-18)27-23(29)19-13-8-16(15-21(19)25-3)22-20(24)7-6-14-26-22/h6-15,25H,4-5H2,1-3H3,(H,27,29). The van der Waals surface area contributed by atoms with Gasteiger partial charge in [-0.1, -0.05) is 17.7 Å². The zero-order valence-electron chi connectivity index (χ0n) is 16.9. The van der Waals surface area contributed by atoms with E-state index in [0.29, 0.717) is 22.0 Å². The molecule has 0 saturated carbocycles. The van der Waals surface area contributed by atoms with Crippen molar-refractivity contribution in [2.75, 3.05) is 35.7 Å². The van der Waals surface area contributed by atoms with E-state index in [0.717, 1.165) is 30.0 Å². The summed E-state index contributed by atoms with van der Waals surface area (Å²) in [5.41, 5.74) is 4.69. The van der Waals surface area contributed by atoms with Crippen LogP contribution in [-0.4, -0.2) is 31.0 Å². The van der Waals surface area contributed by atoms with Crippen molar-refractivity contribution in [3.8, 4) is 11.3 Å². The Morgan fingerprint density at radius 3 is 2.41 bits per heavy atom. The Morgan fingerprint density at radius 2 is 1.79 bits per heavy atom. The third-order valence-electron chi connectivity index (χ3n) is 4.82. The van der Waals surface area contributed by atoms with Gasteiger partial charge in [0.25, 0.3) is 5.91 Å². The number of amides is 1. The van der Waals surface area contributed by atoms with Crippen LogP contribution < -0.4 is 15.5 Å². The highest BCUT2D eigenvalue weighted by Crippen LogP contribution is 2.29. The van der Waals surface area contributed by atoms with E-state index in [1.54, 1.807) is 31.4 Å². The van der Waals surface area contributed by atoms with Crippen molar-refractivity contribution in [3.05, 3.63) is 71.4 Å². The Labute approximate surface area is 176 Å². The maximum absolute atomic E-state index is 12.8. The van der Waals surface area contributed by atoms with Gasteiger partial charge in [0.1, 0.15) is 0 Å². The predicted octanol–water partition coefficient (Wildman–Crippen LogP) is 5.54. The number of carbonyl (C=O) groups excluding carboxylic acids is 1. The molecule has 2 N–H and O–H groups in total. The molecule has 5 nitrogen and oxygen atoms in total. The molecule has 150 valence electrons. The van der Waals surface area contributed by atoms with Gasteiger partial charge in [0, 0.05) is 49.0 Å². The number of carbonyl (C=O) groups is 1. The highest BCUT2D eigenvalue weighted by molar-refractivity contribution is 6.33. The topological polar surface area (TPSA) is 57.3 Å². The highest BCUT2D eigenvalue weighted by atomic mass is 35.5. The Hall–Kier alpha value is -3.05. The van der Waals surface area contributed by atoms with Crippen LogP contribution in [0, 0.1) is 0 Å². The van der Waals surface area contributed by atoms with E-state index < -0.39 is 0 Å². The van der Waals surface area contributed by atoms with Crippen molar-refractivity contribution in [2.45, 2.75) is 13.8 Å². The molecule has 0 saturated heterocycles. The van der Waals surface area contributed by atoms with Crippen molar-refractivity contribution in [2.24, 2.45) is 0 Å². The minimum atomic E-state index is -0.177. The van der Waals surface area contributed by atoms with Crippen LogP contribution in [0.25, 0.3) is 11.3 Å². The van der Waals surface area contributed by atoms with Crippen LogP contribution in [0.15, 0.2) is 60.8 Å². The molecular weight excluding hydrogens is 384 g/mol. The molecule has 1 amide bonds. The van der Waals surface area contributed by atoms with Gasteiger partial charge in [0.15, 0.2) is 0 Å². The quantitative estimate of drug-likeness (QED) is 0.538. The van der Waals surface area contributed by atoms with Gasteiger partial charge in [-0.15, -0.1) is 0 Å². The Morgan fingerprint density at radius 1 is 1.07 bits per heavy atom. The molecule has 3 rings (SSSR count). The van der Waals surface area contributed by atoms with Gasteiger partial charge >= 0.3 is 0 Å². The molecule has 0 fully saturated rings. The summed E-state index contributed by atoms with van der Waals surface area (Å²) < 4.78 is 0. The van der Waals surface area contributed by atoms with E-state index in [2.05, 4.69) is 34.4 Å². The van der Waals surface area contributed by atoms with Crippen molar-refractivity contribution < 1.29 is 4.79 Å². The van der Waals surface area contributed by atoms with E-state index in [9.17, 15) is 4.79 Å². The van der Waals surface area contributed by atoms with Crippen LogP contribution in [0.4, 0.5) is 17.1 Å². The predicted molar refractivity (Wildman–Crippen MR) is 122 cm³/mol. The molecule has 1 aromatic heterocycles. The van der Waals surface area contributed by atoms with Gasteiger partial charge in [-0.3, -0.25) is 9.78 Å². The second-order valence-electron chi connectivity index (χ2n) is 6.52. The summed E-state index contributed by atoms with van der Waals surface area (Å²) in [6, 6.07) is 17.0. The summed E-state index contributed by atoms with van der Waals surface area (Å²) in [5, 5.41) is 6.63. The SMILES string of the molecule is CCN(CC)c1ccc(NC(=O)c2ccc(-c3ncccc3Cl)cc2NC)cc1. The van der Waals surface area contributed by atoms with Gasteiger partial charge < -0.3 is 15.5 Å². The van der Waals surface area contributed by atoms with Gasteiger partial charge in [-0.2, -0.15) is 0 Å². The number of pyridine rings is 1. The molecule has 3 aromatic rings. The van der Waals surface area contributed by atoms with E-state index >= 15 is 0 Å². The first-order valence-electron chi connectivity index (χ1n) is 9.66. The molecule has 0 bridgehead atoms. The summed E-state index contributed by atoms with van der Waals surface area (Å²) in [5.74, 6) is -0.177. The first-order valence-corrected chi connectivity index (χ1v) is 10.0. The molecule has 0 radical (unpaired) electrons. The maximum Gasteiger partial charge on any atom is 0.257 e. The third kappa shape index (κ3) is 4.69. The molecule has 0 aliphatic carbocycles. The zero-order valence-corrected chi connectivity index (χ0v) is 17.6. The molecule has 0 atom stereocenters. The highest BCUT2D eigenvalue weighted by Gasteiger charge is 2.14. The van der Waals surface area contributed by atoms with Gasteiger partial charge in [0.05, 0.1) is 16.3 Å². The second kappa shape index (κ2) is 9.43. The summed E-state index contributed by atoms with van der Waals surface area (Å²) in [4.78, 5) is 19.4. The summed E-state index contributed by atoms with van der Waals surface area (Å²) in [7, 11) is 1.79. The number of nitrogens with zero attached hydrogens (tertiary/aromatic N) is 2. The Bertz CT molecular complexity index is 984.